The minimum Gasteiger partial charge on any atom is -0.469 e. The van der Waals surface area contributed by atoms with Gasteiger partial charge in [-0.25, -0.2) is 4.79 Å². The van der Waals surface area contributed by atoms with Gasteiger partial charge in [-0.2, -0.15) is 0 Å². The molecular weight excluding hydrogens is 455 g/mol. The van der Waals surface area contributed by atoms with Crippen molar-refractivity contribution in [1.29, 1.82) is 0 Å². The lowest BCUT2D eigenvalue weighted by Gasteiger charge is -2.32. The van der Waals surface area contributed by atoms with Crippen molar-refractivity contribution in [2.75, 3.05) is 14.2 Å². The van der Waals surface area contributed by atoms with Gasteiger partial charge >= 0.3 is 11.9 Å². The zero-order valence-corrected chi connectivity index (χ0v) is 21.8. The van der Waals surface area contributed by atoms with E-state index in [0.717, 1.165) is 25.3 Å². The average Bonchev–Trinajstić information content (AvgIpc) is 2.71. The summed E-state index contributed by atoms with van der Waals surface area (Å²) in [5.74, 6) is -2.19. The lowest BCUT2D eigenvalue weighted by Crippen LogP contribution is -2.44. The Morgan fingerprint density at radius 2 is 1.09 bits per heavy atom. The number of aryl methyl sites for hydroxylation is 6. The van der Waals surface area contributed by atoms with E-state index in [-0.39, 0.29) is 11.1 Å². The van der Waals surface area contributed by atoms with Gasteiger partial charge in [0.2, 0.25) is 5.34 Å². The normalized spacial score (nSPS) is 12.8. The van der Waals surface area contributed by atoms with Crippen LogP contribution in [0, 0.1) is 41.5 Å². The van der Waals surface area contributed by atoms with Crippen LogP contribution in [0.25, 0.3) is 0 Å². The molecule has 2 aromatic carbocycles. The Hall–Kier alpha value is -2.89. The molecule has 1 N–H and O–H groups in total. The molecule has 0 bridgehead atoms. The van der Waals surface area contributed by atoms with Gasteiger partial charge in [-0.05, 0) is 63.8 Å². The van der Waals surface area contributed by atoms with Crippen molar-refractivity contribution >= 4 is 30.9 Å². The third kappa shape index (κ3) is 5.26. The van der Waals surface area contributed by atoms with Gasteiger partial charge in [0.05, 0.1) is 28.6 Å². The maximum atomic E-state index is 14.0. The molecule has 8 heteroatoms. The second-order valence-corrected chi connectivity index (χ2v) is 10.8. The number of carbonyl (C=O) groups is 4. The van der Waals surface area contributed by atoms with E-state index in [4.69, 9.17) is 4.74 Å². The molecule has 34 heavy (non-hydrogen) atoms. The molecule has 0 fully saturated rings. The number of hydrogen-bond acceptors (Lipinski definition) is 7. The largest absolute Gasteiger partial charge is 0.469 e. The second-order valence-electron chi connectivity index (χ2n) is 8.55. The Balaban J connectivity index is 2.88. The van der Waals surface area contributed by atoms with Gasteiger partial charge < -0.3 is 14.6 Å². The Bertz CT molecular complexity index is 1050. The fourth-order valence-corrected chi connectivity index (χ4v) is 6.94. The number of rotatable bonds is 8. The molecule has 1 atom stereocenters. The van der Waals surface area contributed by atoms with E-state index in [1.54, 1.807) is 52.0 Å². The van der Waals surface area contributed by atoms with Crippen molar-refractivity contribution in [3.8, 4) is 0 Å². The first-order valence-electron chi connectivity index (χ1n) is 10.7. The number of carbonyl (C=O) groups excluding carboxylic acids is 4. The summed E-state index contributed by atoms with van der Waals surface area (Å²) in [6.07, 6.45) is -0.896. The van der Waals surface area contributed by atoms with Gasteiger partial charge in [0.25, 0.3) is 0 Å². The summed E-state index contributed by atoms with van der Waals surface area (Å²) in [5, 5.41) is 8.88. The molecule has 0 aromatic heterocycles. The molecule has 0 amide bonds. The molecule has 0 aliphatic heterocycles. The zero-order chi connectivity index (χ0) is 26.0. The predicted molar refractivity (Wildman–Crippen MR) is 130 cm³/mol. The molecule has 0 spiro atoms. The van der Waals surface area contributed by atoms with Gasteiger partial charge in [-0.3, -0.25) is 14.4 Å². The third-order valence-electron chi connectivity index (χ3n) is 5.69. The van der Waals surface area contributed by atoms with E-state index in [0.29, 0.717) is 22.3 Å². The third-order valence-corrected chi connectivity index (χ3v) is 8.03. The Morgan fingerprint density at radius 3 is 1.38 bits per heavy atom. The van der Waals surface area contributed by atoms with Crippen molar-refractivity contribution in [3.63, 3.8) is 0 Å². The van der Waals surface area contributed by atoms with Crippen molar-refractivity contribution in [1.82, 2.24) is 0 Å². The second kappa shape index (κ2) is 10.6. The maximum Gasteiger partial charge on any atom is 0.343 e. The number of ether oxygens (including phenoxy) is 2. The van der Waals surface area contributed by atoms with E-state index < -0.39 is 42.7 Å². The van der Waals surface area contributed by atoms with E-state index in [1.807, 2.05) is 13.8 Å². The first-order valence-corrected chi connectivity index (χ1v) is 12.0. The molecule has 7 nitrogen and oxygen atoms in total. The highest BCUT2D eigenvalue weighted by Gasteiger charge is 2.55. The summed E-state index contributed by atoms with van der Waals surface area (Å²) in [6, 6.07) is 7.16. The number of aliphatic hydroxyl groups is 1. The summed E-state index contributed by atoms with van der Waals surface area (Å²) >= 11 is 0. The van der Waals surface area contributed by atoms with Crippen LogP contribution in [0.15, 0.2) is 24.3 Å². The van der Waals surface area contributed by atoms with E-state index >= 15 is 0 Å². The molecule has 0 radical (unpaired) electrons. The quantitative estimate of drug-likeness (QED) is 0.435. The summed E-state index contributed by atoms with van der Waals surface area (Å²) in [6.45, 7) is 10.7. The topological polar surface area (TPSA) is 107 Å². The number of benzene rings is 2. The van der Waals surface area contributed by atoms with Crippen molar-refractivity contribution in [3.05, 3.63) is 68.8 Å². The van der Waals surface area contributed by atoms with Crippen LogP contribution in [0.5, 0.6) is 0 Å². The SMILES string of the molecule is COC(=O)CC(O)(C(=O)OC)P(C(=O)c1c(C)cc(C)cc1C)C(=O)c1c(C)cc(C)cc1C. The molecule has 0 saturated carbocycles. The lowest BCUT2D eigenvalue weighted by atomic mass is 10.0. The van der Waals surface area contributed by atoms with Crippen LogP contribution in [-0.4, -0.2) is 47.7 Å². The maximum absolute atomic E-state index is 14.0. The van der Waals surface area contributed by atoms with Crippen LogP contribution >= 0.6 is 7.92 Å². The predicted octanol–water partition coefficient (Wildman–Crippen LogP) is 4.42. The molecule has 0 aliphatic carbocycles. The van der Waals surface area contributed by atoms with Gasteiger partial charge in [0, 0.05) is 11.1 Å². The van der Waals surface area contributed by atoms with Crippen LogP contribution in [0.1, 0.15) is 60.5 Å². The van der Waals surface area contributed by atoms with E-state index in [2.05, 4.69) is 4.74 Å². The molecule has 0 heterocycles. The highest BCUT2D eigenvalue weighted by Crippen LogP contribution is 2.57. The van der Waals surface area contributed by atoms with Crippen molar-refractivity contribution < 1.29 is 33.8 Å². The van der Waals surface area contributed by atoms with Gasteiger partial charge in [0.1, 0.15) is 0 Å². The minimum absolute atomic E-state index is 0.236. The molecule has 1 unspecified atom stereocenters. The molecule has 0 saturated heterocycles. The summed E-state index contributed by atoms with van der Waals surface area (Å²) in [4.78, 5) is 53.2. The number of hydrogen-bond donors (Lipinski definition) is 1. The number of esters is 2. The number of methoxy groups -OCH3 is 2. The minimum atomic E-state index is -2.85. The summed E-state index contributed by atoms with van der Waals surface area (Å²) < 4.78 is 9.46. The molecular formula is C26H31O7P. The van der Waals surface area contributed by atoms with Crippen LogP contribution < -0.4 is 0 Å². The van der Waals surface area contributed by atoms with Crippen LogP contribution in [0.4, 0.5) is 0 Å². The van der Waals surface area contributed by atoms with Crippen LogP contribution in [0.3, 0.4) is 0 Å². The average molecular weight is 487 g/mol. The van der Waals surface area contributed by atoms with Gasteiger partial charge in [-0.1, -0.05) is 35.4 Å². The summed E-state index contributed by atoms with van der Waals surface area (Å²) in [7, 11) is -0.729. The van der Waals surface area contributed by atoms with E-state index in [9.17, 15) is 24.3 Å². The van der Waals surface area contributed by atoms with E-state index in [1.165, 1.54) is 0 Å². The van der Waals surface area contributed by atoms with Crippen LogP contribution in [-0.2, 0) is 19.1 Å². The van der Waals surface area contributed by atoms with Gasteiger partial charge in [0.15, 0.2) is 11.0 Å². The highest BCUT2D eigenvalue weighted by atomic mass is 31.1. The monoisotopic (exact) mass is 486 g/mol. The Morgan fingerprint density at radius 1 is 0.735 bits per heavy atom. The molecule has 2 rings (SSSR count). The summed E-state index contributed by atoms with van der Waals surface area (Å²) in [5.41, 5.74) is 3.32. The first kappa shape index (κ1) is 27.4. The fraction of sp³-hybridized carbons (Fsp3) is 0.385. The van der Waals surface area contributed by atoms with Gasteiger partial charge in [-0.15, -0.1) is 0 Å². The molecule has 182 valence electrons. The molecule has 0 aliphatic rings. The van der Waals surface area contributed by atoms with Crippen LogP contribution in [0.2, 0.25) is 0 Å². The standard InChI is InChI=1S/C26H31O7P/c1-14-9-16(3)21(17(4)10-14)23(28)34(26(31,25(30)33-8)13-20(27)32-7)24(29)22-18(5)11-15(2)12-19(22)6/h9-12,31H,13H2,1-8H3. The fourth-order valence-electron chi connectivity index (χ4n) is 4.37. The Labute approximate surface area is 201 Å². The molecule has 2 aromatic rings. The van der Waals surface area contributed by atoms with Crippen molar-refractivity contribution in [2.45, 2.75) is 53.3 Å². The Kier molecular flexibility index (Phi) is 8.51. The van der Waals surface area contributed by atoms with Crippen molar-refractivity contribution in [2.24, 2.45) is 0 Å². The zero-order valence-electron chi connectivity index (χ0n) is 20.9. The smallest absolute Gasteiger partial charge is 0.343 e. The first-order chi connectivity index (χ1) is 15.8. The lowest BCUT2D eigenvalue weighted by molar-refractivity contribution is -0.160. The highest BCUT2D eigenvalue weighted by molar-refractivity contribution is 7.92.